The van der Waals surface area contributed by atoms with E-state index in [0.29, 0.717) is 5.92 Å². The minimum absolute atomic E-state index is 0.108. The Balaban J connectivity index is 2.48. The van der Waals surface area contributed by atoms with Gasteiger partial charge < -0.3 is 5.11 Å². The molecule has 0 spiro atoms. The number of aromatic nitrogens is 1. The summed E-state index contributed by atoms with van der Waals surface area (Å²) >= 11 is 0. The molecule has 0 radical (unpaired) electrons. The monoisotopic (exact) mass is 255 g/mol. The van der Waals surface area contributed by atoms with Crippen LogP contribution in [0, 0.1) is 5.92 Å². The second-order valence-corrected chi connectivity index (χ2v) is 5.02. The highest BCUT2D eigenvalue weighted by molar-refractivity contribution is 5.86. The summed E-state index contributed by atoms with van der Waals surface area (Å²) in [4.78, 5) is 15.4. The van der Waals surface area contributed by atoms with Crippen LogP contribution in [0.15, 0.2) is 42.5 Å². The van der Waals surface area contributed by atoms with Gasteiger partial charge in [0, 0.05) is 5.56 Å². The maximum absolute atomic E-state index is 11.2. The molecule has 0 atom stereocenters. The summed E-state index contributed by atoms with van der Waals surface area (Å²) in [5.74, 6) is -0.504. The van der Waals surface area contributed by atoms with Gasteiger partial charge in [0.15, 0.2) is 0 Å². The highest BCUT2D eigenvalue weighted by atomic mass is 16.4. The van der Waals surface area contributed by atoms with Crippen LogP contribution in [-0.2, 0) is 6.42 Å². The van der Waals surface area contributed by atoms with Gasteiger partial charge in [0.2, 0.25) is 0 Å². The predicted octanol–water partition coefficient (Wildman–Crippen LogP) is 3.65. The predicted molar refractivity (Wildman–Crippen MR) is 75.2 cm³/mol. The zero-order valence-corrected chi connectivity index (χ0v) is 11.1. The van der Waals surface area contributed by atoms with Gasteiger partial charge in [0.25, 0.3) is 0 Å². The average molecular weight is 255 g/mol. The van der Waals surface area contributed by atoms with Gasteiger partial charge in [-0.25, -0.2) is 9.78 Å². The first kappa shape index (κ1) is 13.3. The molecule has 2 rings (SSSR count). The van der Waals surface area contributed by atoms with Gasteiger partial charge in [-0.2, -0.15) is 0 Å². The summed E-state index contributed by atoms with van der Waals surface area (Å²) in [6.45, 7) is 4.23. The Hall–Kier alpha value is -2.16. The number of pyridine rings is 1. The Morgan fingerprint density at radius 1 is 1.21 bits per heavy atom. The van der Waals surface area contributed by atoms with E-state index in [9.17, 15) is 4.79 Å². The Morgan fingerprint density at radius 3 is 2.47 bits per heavy atom. The molecule has 0 aliphatic rings. The van der Waals surface area contributed by atoms with Gasteiger partial charge in [-0.1, -0.05) is 44.2 Å². The molecule has 0 aliphatic heterocycles. The number of carboxylic acids is 1. The lowest BCUT2D eigenvalue weighted by molar-refractivity contribution is 0.0690. The van der Waals surface area contributed by atoms with Crippen molar-refractivity contribution in [3.63, 3.8) is 0 Å². The molecule has 98 valence electrons. The first-order valence-corrected chi connectivity index (χ1v) is 6.36. The van der Waals surface area contributed by atoms with Crippen molar-refractivity contribution in [1.82, 2.24) is 4.98 Å². The first-order valence-electron chi connectivity index (χ1n) is 6.36. The fraction of sp³-hybridized carbons (Fsp3) is 0.250. The summed E-state index contributed by atoms with van der Waals surface area (Å²) in [6.07, 6.45) is 0.850. The van der Waals surface area contributed by atoms with Crippen molar-refractivity contribution in [2.24, 2.45) is 5.92 Å². The molecule has 0 saturated carbocycles. The normalized spacial score (nSPS) is 10.7. The van der Waals surface area contributed by atoms with Crippen LogP contribution in [0.4, 0.5) is 0 Å². The molecular weight excluding hydrogens is 238 g/mol. The van der Waals surface area contributed by atoms with Crippen molar-refractivity contribution < 1.29 is 9.90 Å². The van der Waals surface area contributed by atoms with Gasteiger partial charge in [-0.3, -0.25) is 0 Å². The van der Waals surface area contributed by atoms with Crippen LogP contribution in [-0.4, -0.2) is 16.1 Å². The summed E-state index contributed by atoms with van der Waals surface area (Å²) in [7, 11) is 0. The second-order valence-electron chi connectivity index (χ2n) is 5.02. The van der Waals surface area contributed by atoms with Gasteiger partial charge in [-0.05, 0) is 30.0 Å². The Bertz CT molecular complexity index is 577. The molecule has 0 amide bonds. The minimum atomic E-state index is -0.984. The molecule has 1 heterocycles. The molecule has 19 heavy (non-hydrogen) atoms. The number of carboxylic acid groups (broad SMARTS) is 1. The topological polar surface area (TPSA) is 50.2 Å². The standard InChI is InChI=1S/C16H17NO2/c1-11(2)8-12-9-14(13-6-4-3-5-7-13)17-15(10-12)16(18)19/h3-7,9-11H,8H2,1-2H3,(H,18,19). The van der Waals surface area contributed by atoms with Crippen molar-refractivity contribution in [2.45, 2.75) is 20.3 Å². The van der Waals surface area contributed by atoms with Crippen molar-refractivity contribution >= 4 is 5.97 Å². The van der Waals surface area contributed by atoms with Gasteiger partial charge in [0.05, 0.1) is 5.69 Å². The van der Waals surface area contributed by atoms with Crippen LogP contribution >= 0.6 is 0 Å². The Kier molecular flexibility index (Phi) is 3.95. The second kappa shape index (κ2) is 5.65. The number of carbonyl (C=O) groups is 1. The minimum Gasteiger partial charge on any atom is -0.477 e. The number of benzene rings is 1. The molecule has 0 bridgehead atoms. The van der Waals surface area contributed by atoms with Crippen LogP contribution in [0.25, 0.3) is 11.3 Å². The number of aromatic carboxylic acids is 1. The van der Waals surface area contributed by atoms with E-state index >= 15 is 0 Å². The number of hydrogen-bond acceptors (Lipinski definition) is 2. The SMILES string of the molecule is CC(C)Cc1cc(C(=O)O)nc(-c2ccccc2)c1. The van der Waals surface area contributed by atoms with E-state index < -0.39 is 5.97 Å². The number of nitrogens with zero attached hydrogens (tertiary/aromatic N) is 1. The highest BCUT2D eigenvalue weighted by Crippen LogP contribution is 2.20. The summed E-state index contributed by atoms with van der Waals surface area (Å²) in [6, 6.07) is 13.3. The zero-order chi connectivity index (χ0) is 13.8. The molecular formula is C16H17NO2. The van der Waals surface area contributed by atoms with Crippen LogP contribution in [0.2, 0.25) is 0 Å². The molecule has 3 nitrogen and oxygen atoms in total. The maximum atomic E-state index is 11.2. The van der Waals surface area contributed by atoms with Gasteiger partial charge >= 0.3 is 5.97 Å². The third kappa shape index (κ3) is 3.41. The lowest BCUT2D eigenvalue weighted by Gasteiger charge is -2.09. The third-order valence-electron chi connectivity index (χ3n) is 2.82. The molecule has 1 aromatic heterocycles. The van der Waals surface area contributed by atoms with Crippen LogP contribution < -0.4 is 0 Å². The van der Waals surface area contributed by atoms with Crippen LogP contribution in [0.5, 0.6) is 0 Å². The fourth-order valence-electron chi connectivity index (χ4n) is 2.04. The van der Waals surface area contributed by atoms with Crippen molar-refractivity contribution in [3.05, 3.63) is 53.7 Å². The zero-order valence-electron chi connectivity index (χ0n) is 11.1. The largest absolute Gasteiger partial charge is 0.477 e. The molecule has 2 aromatic rings. The van der Waals surface area contributed by atoms with Crippen molar-refractivity contribution in [2.75, 3.05) is 0 Å². The van der Waals surface area contributed by atoms with E-state index in [-0.39, 0.29) is 5.69 Å². The average Bonchev–Trinajstić information content (AvgIpc) is 2.38. The molecule has 0 unspecified atom stereocenters. The van der Waals surface area contributed by atoms with E-state index in [2.05, 4.69) is 18.8 Å². The fourth-order valence-corrected chi connectivity index (χ4v) is 2.04. The molecule has 3 heteroatoms. The number of rotatable bonds is 4. The lowest BCUT2D eigenvalue weighted by Crippen LogP contribution is -2.04. The summed E-state index contributed by atoms with van der Waals surface area (Å²) in [5, 5.41) is 9.15. The highest BCUT2D eigenvalue weighted by Gasteiger charge is 2.11. The Labute approximate surface area is 112 Å². The third-order valence-corrected chi connectivity index (χ3v) is 2.82. The van der Waals surface area contributed by atoms with E-state index in [1.807, 2.05) is 36.4 Å². The van der Waals surface area contributed by atoms with Crippen LogP contribution in [0.1, 0.15) is 29.9 Å². The van der Waals surface area contributed by atoms with E-state index in [4.69, 9.17) is 5.11 Å². The molecule has 0 fully saturated rings. The van der Waals surface area contributed by atoms with Crippen molar-refractivity contribution in [1.29, 1.82) is 0 Å². The van der Waals surface area contributed by atoms with Crippen molar-refractivity contribution in [3.8, 4) is 11.3 Å². The summed E-state index contributed by atoms with van der Waals surface area (Å²) in [5.41, 5.74) is 2.78. The van der Waals surface area contributed by atoms with E-state index in [0.717, 1.165) is 23.2 Å². The van der Waals surface area contributed by atoms with Gasteiger partial charge in [0.1, 0.15) is 5.69 Å². The Morgan fingerprint density at radius 2 is 1.89 bits per heavy atom. The lowest BCUT2D eigenvalue weighted by atomic mass is 10.0. The first-order chi connectivity index (χ1) is 9.06. The van der Waals surface area contributed by atoms with E-state index in [1.54, 1.807) is 6.07 Å². The molecule has 1 N–H and O–H groups in total. The smallest absolute Gasteiger partial charge is 0.354 e. The maximum Gasteiger partial charge on any atom is 0.354 e. The molecule has 1 aromatic carbocycles. The quantitative estimate of drug-likeness (QED) is 0.907. The van der Waals surface area contributed by atoms with Gasteiger partial charge in [-0.15, -0.1) is 0 Å². The summed E-state index contributed by atoms with van der Waals surface area (Å²) < 4.78 is 0. The van der Waals surface area contributed by atoms with E-state index in [1.165, 1.54) is 0 Å². The molecule has 0 saturated heterocycles. The molecule has 0 aliphatic carbocycles. The van der Waals surface area contributed by atoms with Crippen LogP contribution in [0.3, 0.4) is 0 Å². The number of hydrogen-bond donors (Lipinski definition) is 1.